The number of hydrogen-bond donors (Lipinski definition) is 2. The van der Waals surface area contributed by atoms with Crippen molar-refractivity contribution in [3.8, 4) is 17.2 Å². The number of nitrogens with zero attached hydrogens (tertiary/aromatic N) is 2. The second-order valence-corrected chi connectivity index (χ2v) is 4.44. The van der Waals surface area contributed by atoms with Gasteiger partial charge in [0.05, 0.1) is 21.3 Å². The molecule has 1 aromatic carbocycles. The number of rotatable bonds is 6. The number of benzene rings is 1. The fourth-order valence-electron chi connectivity index (χ4n) is 2.07. The number of hydrogen-bond acceptors (Lipinski definition) is 7. The van der Waals surface area contributed by atoms with Crippen molar-refractivity contribution in [3.05, 3.63) is 29.5 Å². The van der Waals surface area contributed by atoms with Gasteiger partial charge in [-0.1, -0.05) is 0 Å². The molecule has 118 valence electrons. The van der Waals surface area contributed by atoms with E-state index in [0.29, 0.717) is 29.2 Å². The van der Waals surface area contributed by atoms with Gasteiger partial charge in [-0.3, -0.25) is 0 Å². The van der Waals surface area contributed by atoms with Crippen LogP contribution < -0.4 is 25.3 Å². The van der Waals surface area contributed by atoms with Crippen LogP contribution in [0.25, 0.3) is 0 Å². The molecule has 1 aromatic heterocycles. The number of ether oxygens (including phenoxy) is 3. The molecule has 0 aliphatic heterocycles. The van der Waals surface area contributed by atoms with Crippen molar-refractivity contribution in [2.75, 3.05) is 39.4 Å². The van der Waals surface area contributed by atoms with Gasteiger partial charge in [-0.15, -0.1) is 0 Å². The molecule has 7 nitrogen and oxygen atoms in total. The molecule has 0 atom stereocenters. The van der Waals surface area contributed by atoms with E-state index in [1.54, 1.807) is 12.1 Å². The molecule has 0 spiro atoms. The first-order chi connectivity index (χ1) is 11.8. The van der Waals surface area contributed by atoms with E-state index in [9.17, 15) is 0 Å². The van der Waals surface area contributed by atoms with Gasteiger partial charge in [-0.05, 0) is 17.7 Å². The van der Waals surface area contributed by atoms with Crippen molar-refractivity contribution in [2.24, 2.45) is 0 Å². The van der Waals surface area contributed by atoms with Crippen LogP contribution >= 0.6 is 0 Å². The molecule has 7 heteroatoms. The lowest BCUT2D eigenvalue weighted by Gasteiger charge is -2.14. The summed E-state index contributed by atoms with van der Waals surface area (Å²) < 4.78 is 37.4. The number of nitrogens with two attached hydrogens (primary N) is 1. The fraction of sp³-hybridized carbons (Fsp3) is 0.333. The largest absolute Gasteiger partial charge is 0.493 e. The lowest BCUT2D eigenvalue weighted by molar-refractivity contribution is 0.324. The number of nitrogens with one attached hydrogen (secondary N) is 1. The molecule has 0 aliphatic rings. The smallest absolute Gasteiger partial charge is 0.224 e. The summed E-state index contributed by atoms with van der Waals surface area (Å²) in [6, 6.07) is 3.60. The fourth-order valence-corrected chi connectivity index (χ4v) is 2.07. The highest BCUT2D eigenvalue weighted by Gasteiger charge is 2.14. The Morgan fingerprint density at radius 2 is 1.86 bits per heavy atom. The summed E-state index contributed by atoms with van der Waals surface area (Å²) in [4.78, 5) is 7.97. The van der Waals surface area contributed by atoms with Gasteiger partial charge < -0.3 is 25.3 Å². The van der Waals surface area contributed by atoms with E-state index in [1.807, 2.05) is 0 Å². The zero-order valence-electron chi connectivity index (χ0n) is 15.6. The van der Waals surface area contributed by atoms with E-state index in [4.69, 9.17) is 24.1 Å². The Morgan fingerprint density at radius 1 is 1.18 bits per heavy atom. The molecule has 0 amide bonds. The van der Waals surface area contributed by atoms with Gasteiger partial charge >= 0.3 is 0 Å². The predicted octanol–water partition coefficient (Wildman–Crippen LogP) is 1.72. The summed E-state index contributed by atoms with van der Waals surface area (Å²) in [5.74, 6) is 1.69. The third-order valence-electron chi connectivity index (χ3n) is 3.13. The lowest BCUT2D eigenvalue weighted by Crippen LogP contribution is -2.05. The van der Waals surface area contributed by atoms with E-state index >= 15 is 0 Å². The molecule has 0 fully saturated rings. The van der Waals surface area contributed by atoms with Crippen LogP contribution in [0.2, 0.25) is 0 Å². The standard InChI is InChI=1S/C15H20N4O3/c1-17-15-18-8-10(14(16)19-15)5-9-6-11(20-2)13(22-4)12(7-9)21-3/h6-8H,5H2,1-4H3,(H3,16,17,18,19)/i1D3. The summed E-state index contributed by atoms with van der Waals surface area (Å²) in [6.07, 6.45) is 1.90. The minimum Gasteiger partial charge on any atom is -0.493 e. The summed E-state index contributed by atoms with van der Waals surface area (Å²) >= 11 is 0. The third kappa shape index (κ3) is 3.13. The van der Waals surface area contributed by atoms with E-state index in [0.717, 1.165) is 5.56 Å². The maximum atomic E-state index is 7.16. The summed E-state index contributed by atoms with van der Waals surface area (Å²) in [5, 5.41) is 2.21. The maximum Gasteiger partial charge on any atom is 0.224 e. The highest BCUT2D eigenvalue weighted by molar-refractivity contribution is 5.55. The molecule has 0 radical (unpaired) electrons. The zero-order chi connectivity index (χ0) is 18.6. The Bertz CT molecular complexity index is 728. The molecule has 0 aliphatic carbocycles. The summed E-state index contributed by atoms with van der Waals surface area (Å²) in [5.41, 5.74) is 7.42. The van der Waals surface area contributed by atoms with Gasteiger partial charge in [0.25, 0.3) is 0 Å². The second kappa shape index (κ2) is 6.84. The minimum atomic E-state index is -2.38. The highest BCUT2D eigenvalue weighted by Crippen LogP contribution is 2.38. The first-order valence-electron chi connectivity index (χ1n) is 7.96. The first-order valence-corrected chi connectivity index (χ1v) is 6.46. The van der Waals surface area contributed by atoms with Gasteiger partial charge in [0.2, 0.25) is 11.7 Å². The number of aromatic nitrogens is 2. The second-order valence-electron chi connectivity index (χ2n) is 4.44. The molecule has 0 bridgehead atoms. The number of anilines is 2. The van der Waals surface area contributed by atoms with Crippen LogP contribution in [0.1, 0.15) is 15.2 Å². The zero-order valence-corrected chi connectivity index (χ0v) is 12.6. The minimum absolute atomic E-state index is 0.0499. The topological polar surface area (TPSA) is 91.5 Å². The first kappa shape index (κ1) is 11.9. The molecule has 0 saturated heterocycles. The van der Waals surface area contributed by atoms with Crippen LogP contribution in [0, 0.1) is 0 Å². The van der Waals surface area contributed by atoms with Crippen molar-refractivity contribution in [1.29, 1.82) is 0 Å². The van der Waals surface area contributed by atoms with Crippen molar-refractivity contribution < 1.29 is 18.3 Å². The van der Waals surface area contributed by atoms with E-state index < -0.39 is 6.98 Å². The Hall–Kier alpha value is -2.70. The Kier molecular flexibility index (Phi) is 3.70. The molecule has 22 heavy (non-hydrogen) atoms. The van der Waals surface area contributed by atoms with Crippen LogP contribution in [-0.2, 0) is 6.42 Å². The monoisotopic (exact) mass is 307 g/mol. The van der Waals surface area contributed by atoms with Crippen molar-refractivity contribution in [2.45, 2.75) is 6.42 Å². The molecule has 1 heterocycles. The number of nitrogen functional groups attached to an aromatic ring is 1. The molecular formula is C15H20N4O3. The quantitative estimate of drug-likeness (QED) is 0.839. The van der Waals surface area contributed by atoms with Gasteiger partial charge in [-0.25, -0.2) is 4.98 Å². The van der Waals surface area contributed by atoms with Crippen LogP contribution in [0.4, 0.5) is 11.8 Å². The predicted molar refractivity (Wildman–Crippen MR) is 84.9 cm³/mol. The lowest BCUT2D eigenvalue weighted by atomic mass is 10.1. The summed E-state index contributed by atoms with van der Waals surface area (Å²) in [7, 11) is 4.60. The van der Waals surface area contributed by atoms with E-state index in [-0.39, 0.29) is 11.8 Å². The van der Waals surface area contributed by atoms with Crippen LogP contribution in [0.15, 0.2) is 18.3 Å². The van der Waals surface area contributed by atoms with Gasteiger partial charge in [0, 0.05) is 29.3 Å². The maximum absolute atomic E-state index is 7.16. The average Bonchev–Trinajstić information content (AvgIpc) is 2.54. The van der Waals surface area contributed by atoms with E-state index in [2.05, 4.69) is 15.3 Å². The van der Waals surface area contributed by atoms with Crippen LogP contribution in [-0.4, -0.2) is 38.3 Å². The Balaban J connectivity index is 2.30. The van der Waals surface area contributed by atoms with Crippen molar-refractivity contribution in [3.63, 3.8) is 0 Å². The molecule has 0 unspecified atom stereocenters. The van der Waals surface area contributed by atoms with Crippen LogP contribution in [0.5, 0.6) is 17.2 Å². The van der Waals surface area contributed by atoms with Gasteiger partial charge in [0.15, 0.2) is 11.5 Å². The third-order valence-corrected chi connectivity index (χ3v) is 3.13. The SMILES string of the molecule is [2H]C([2H])([2H])Nc1ncc(Cc2cc(OC)c(OC)c(OC)c2)c(N)n1. The molecule has 3 N–H and O–H groups in total. The summed E-state index contributed by atoms with van der Waals surface area (Å²) in [6.45, 7) is -2.38. The van der Waals surface area contributed by atoms with Crippen molar-refractivity contribution >= 4 is 11.8 Å². The normalized spacial score (nSPS) is 12.8. The molecule has 2 aromatic rings. The van der Waals surface area contributed by atoms with E-state index in [1.165, 1.54) is 27.5 Å². The van der Waals surface area contributed by atoms with Crippen LogP contribution in [0.3, 0.4) is 0 Å². The Morgan fingerprint density at radius 3 is 2.36 bits per heavy atom. The van der Waals surface area contributed by atoms with Gasteiger partial charge in [0.1, 0.15) is 5.82 Å². The van der Waals surface area contributed by atoms with Crippen molar-refractivity contribution in [1.82, 2.24) is 9.97 Å². The average molecular weight is 307 g/mol. The Labute approximate surface area is 133 Å². The molecule has 0 saturated carbocycles. The number of methoxy groups -OCH3 is 3. The van der Waals surface area contributed by atoms with Gasteiger partial charge in [-0.2, -0.15) is 4.98 Å². The molecular weight excluding hydrogens is 284 g/mol. The highest BCUT2D eigenvalue weighted by atomic mass is 16.5. The molecule has 2 rings (SSSR count).